The third-order valence-corrected chi connectivity index (χ3v) is 5.51. The van der Waals surface area contributed by atoms with E-state index in [0.29, 0.717) is 5.75 Å². The molecule has 0 heterocycles. The van der Waals surface area contributed by atoms with E-state index in [1.54, 1.807) is 0 Å². The second kappa shape index (κ2) is 7.68. The summed E-state index contributed by atoms with van der Waals surface area (Å²) < 4.78 is 22.5. The van der Waals surface area contributed by atoms with Gasteiger partial charge in [-0.2, -0.15) is 0 Å². The SMILES string of the molecule is CCCCCCSS(=O)(=O)CCC. The molecule has 0 N–H and O–H groups in total. The van der Waals surface area contributed by atoms with Gasteiger partial charge in [-0.1, -0.05) is 33.1 Å². The summed E-state index contributed by atoms with van der Waals surface area (Å²) in [6.45, 7) is 4.05. The molecule has 80 valence electrons. The van der Waals surface area contributed by atoms with Crippen LogP contribution in [0, 0.1) is 0 Å². The monoisotopic (exact) mass is 224 g/mol. The van der Waals surface area contributed by atoms with Crippen LogP contribution in [0.2, 0.25) is 0 Å². The van der Waals surface area contributed by atoms with Crippen LogP contribution < -0.4 is 0 Å². The quantitative estimate of drug-likeness (QED) is 0.469. The average Bonchev–Trinajstić information content (AvgIpc) is 2.04. The molecule has 0 fully saturated rings. The first kappa shape index (κ1) is 13.3. The molecule has 0 aliphatic carbocycles. The van der Waals surface area contributed by atoms with Gasteiger partial charge in [0.05, 0.1) is 5.75 Å². The van der Waals surface area contributed by atoms with E-state index in [2.05, 4.69) is 6.92 Å². The Morgan fingerprint density at radius 2 is 1.69 bits per heavy atom. The van der Waals surface area contributed by atoms with Crippen molar-refractivity contribution in [2.75, 3.05) is 11.5 Å². The molecule has 0 aromatic heterocycles. The summed E-state index contributed by atoms with van der Waals surface area (Å²) in [7, 11) is -1.68. The number of unbranched alkanes of at least 4 members (excludes halogenated alkanes) is 3. The van der Waals surface area contributed by atoms with E-state index in [1.165, 1.54) is 12.8 Å². The molecule has 0 spiro atoms. The van der Waals surface area contributed by atoms with Crippen molar-refractivity contribution in [3.63, 3.8) is 0 Å². The van der Waals surface area contributed by atoms with Crippen LogP contribution in [0.4, 0.5) is 0 Å². The van der Waals surface area contributed by atoms with Crippen LogP contribution in [-0.4, -0.2) is 19.9 Å². The van der Waals surface area contributed by atoms with E-state index in [4.69, 9.17) is 0 Å². The summed E-state index contributed by atoms with van der Waals surface area (Å²) in [5.74, 6) is 1.09. The summed E-state index contributed by atoms with van der Waals surface area (Å²) in [5, 5.41) is 0. The Morgan fingerprint density at radius 1 is 1.00 bits per heavy atom. The molecule has 0 rings (SSSR count). The molecule has 0 bridgehead atoms. The largest absolute Gasteiger partial charge is 0.217 e. The molecule has 0 unspecified atom stereocenters. The van der Waals surface area contributed by atoms with Gasteiger partial charge in [-0.3, -0.25) is 0 Å². The lowest BCUT2D eigenvalue weighted by atomic mass is 10.2. The van der Waals surface area contributed by atoms with Gasteiger partial charge in [0.15, 0.2) is 0 Å². The molecule has 0 aromatic carbocycles. The van der Waals surface area contributed by atoms with Gasteiger partial charge in [-0.15, -0.1) is 0 Å². The lowest BCUT2D eigenvalue weighted by Gasteiger charge is -2.01. The summed E-state index contributed by atoms with van der Waals surface area (Å²) in [6.07, 6.45) is 5.33. The molecule has 0 radical (unpaired) electrons. The first-order chi connectivity index (χ1) is 6.12. The van der Waals surface area contributed by atoms with Crippen molar-refractivity contribution in [1.82, 2.24) is 0 Å². The number of hydrogen-bond donors (Lipinski definition) is 0. The van der Waals surface area contributed by atoms with Crippen LogP contribution in [-0.2, 0) is 8.87 Å². The predicted molar refractivity (Wildman–Crippen MR) is 60.7 cm³/mol. The minimum Gasteiger partial charge on any atom is -0.217 e. The molecule has 13 heavy (non-hydrogen) atoms. The zero-order valence-electron chi connectivity index (χ0n) is 8.58. The molecule has 0 atom stereocenters. The van der Waals surface area contributed by atoms with Crippen molar-refractivity contribution in [3.8, 4) is 0 Å². The van der Waals surface area contributed by atoms with Gasteiger partial charge in [0.25, 0.3) is 0 Å². The van der Waals surface area contributed by atoms with Crippen LogP contribution in [0.3, 0.4) is 0 Å². The van der Waals surface area contributed by atoms with Crippen LogP contribution in [0.15, 0.2) is 0 Å². The lowest BCUT2D eigenvalue weighted by molar-refractivity contribution is 0.609. The molecule has 4 heteroatoms. The fourth-order valence-corrected chi connectivity index (χ4v) is 4.19. The minimum atomic E-state index is -2.80. The molecule has 0 saturated heterocycles. The third-order valence-electron chi connectivity index (χ3n) is 1.71. The van der Waals surface area contributed by atoms with Gasteiger partial charge < -0.3 is 0 Å². The fourth-order valence-electron chi connectivity index (χ4n) is 1.02. The maximum absolute atomic E-state index is 11.2. The lowest BCUT2D eigenvalue weighted by Crippen LogP contribution is -2.00. The predicted octanol–water partition coefficient (Wildman–Crippen LogP) is 3.04. The second-order valence-corrected chi connectivity index (χ2v) is 7.54. The summed E-state index contributed by atoms with van der Waals surface area (Å²) in [4.78, 5) is 0. The van der Waals surface area contributed by atoms with Crippen molar-refractivity contribution in [2.24, 2.45) is 0 Å². The molecule has 0 aliphatic heterocycles. The molecule has 0 aromatic rings. The van der Waals surface area contributed by atoms with Gasteiger partial charge in [-0.25, -0.2) is 8.42 Å². The Morgan fingerprint density at radius 3 is 2.23 bits per heavy atom. The molecule has 0 aliphatic rings. The van der Waals surface area contributed by atoms with E-state index in [1.807, 2.05) is 6.92 Å². The Bertz CT molecular complexity index is 198. The number of hydrogen-bond acceptors (Lipinski definition) is 3. The summed E-state index contributed by atoms with van der Waals surface area (Å²) in [5.41, 5.74) is 0. The highest BCUT2D eigenvalue weighted by molar-refractivity contribution is 8.72. The Kier molecular flexibility index (Phi) is 7.86. The maximum Gasteiger partial charge on any atom is 0.201 e. The third kappa shape index (κ3) is 8.63. The van der Waals surface area contributed by atoms with Crippen molar-refractivity contribution in [1.29, 1.82) is 0 Å². The van der Waals surface area contributed by atoms with Crippen LogP contribution in [0.25, 0.3) is 0 Å². The standard InChI is InChI=1S/C9H20O2S2/c1-3-5-6-7-8-12-13(10,11)9-4-2/h3-9H2,1-2H3. The normalized spacial score (nSPS) is 11.8. The highest BCUT2D eigenvalue weighted by Gasteiger charge is 2.08. The van der Waals surface area contributed by atoms with E-state index < -0.39 is 8.87 Å². The van der Waals surface area contributed by atoms with Crippen LogP contribution >= 0.6 is 10.8 Å². The molecular weight excluding hydrogens is 204 g/mol. The first-order valence-electron chi connectivity index (χ1n) is 4.99. The van der Waals surface area contributed by atoms with Gasteiger partial charge >= 0.3 is 0 Å². The minimum absolute atomic E-state index is 0.325. The van der Waals surface area contributed by atoms with Crippen molar-refractivity contribution < 1.29 is 8.42 Å². The van der Waals surface area contributed by atoms with E-state index >= 15 is 0 Å². The van der Waals surface area contributed by atoms with Gasteiger partial charge in [0.2, 0.25) is 8.87 Å². The maximum atomic E-state index is 11.2. The smallest absolute Gasteiger partial charge is 0.201 e. The van der Waals surface area contributed by atoms with E-state index in [-0.39, 0.29) is 0 Å². The van der Waals surface area contributed by atoms with E-state index in [0.717, 1.165) is 35.8 Å². The zero-order valence-corrected chi connectivity index (χ0v) is 10.2. The average molecular weight is 224 g/mol. The topological polar surface area (TPSA) is 34.1 Å². The van der Waals surface area contributed by atoms with Crippen LogP contribution in [0.1, 0.15) is 46.0 Å². The van der Waals surface area contributed by atoms with Crippen molar-refractivity contribution in [2.45, 2.75) is 46.0 Å². The highest BCUT2D eigenvalue weighted by Crippen LogP contribution is 2.16. The van der Waals surface area contributed by atoms with Gasteiger partial charge in [0, 0.05) is 5.75 Å². The van der Waals surface area contributed by atoms with Crippen molar-refractivity contribution in [3.05, 3.63) is 0 Å². The zero-order chi connectivity index (χ0) is 10.2. The fraction of sp³-hybridized carbons (Fsp3) is 1.00. The summed E-state index contributed by atoms with van der Waals surface area (Å²) >= 11 is 0. The molecule has 2 nitrogen and oxygen atoms in total. The number of rotatable bonds is 8. The molecule has 0 saturated carbocycles. The summed E-state index contributed by atoms with van der Waals surface area (Å²) in [6, 6.07) is 0. The van der Waals surface area contributed by atoms with E-state index in [9.17, 15) is 8.42 Å². The molecular formula is C9H20O2S2. The van der Waals surface area contributed by atoms with Crippen LogP contribution in [0.5, 0.6) is 0 Å². The Labute approximate surface area is 85.8 Å². The highest BCUT2D eigenvalue weighted by atomic mass is 33.1. The van der Waals surface area contributed by atoms with Gasteiger partial charge in [0.1, 0.15) is 0 Å². The molecule has 0 amide bonds. The van der Waals surface area contributed by atoms with Crippen molar-refractivity contribution >= 4 is 19.7 Å². The second-order valence-electron chi connectivity index (χ2n) is 3.14. The Balaban J connectivity index is 3.41. The van der Waals surface area contributed by atoms with Gasteiger partial charge in [-0.05, 0) is 23.6 Å². The first-order valence-corrected chi connectivity index (χ1v) is 8.15. The Hall–Kier alpha value is 0.300.